The Kier molecular flexibility index (Phi) is 4.91. The number of rotatable bonds is 7. The quantitative estimate of drug-likeness (QED) is 0.825. The second kappa shape index (κ2) is 6.31. The Morgan fingerprint density at radius 2 is 2.25 bits per heavy atom. The third-order valence-electron chi connectivity index (χ3n) is 3.70. The molecule has 0 atom stereocenters. The maximum atomic E-state index is 12.3. The molecule has 1 amide bonds. The topological polar surface area (TPSA) is 43.3 Å². The monoisotopic (exact) mass is 342 g/mol. The van der Waals surface area contributed by atoms with Gasteiger partial charge in [0, 0.05) is 37.0 Å². The van der Waals surface area contributed by atoms with Crippen LogP contribution < -0.4 is 5.32 Å². The fourth-order valence-corrected chi connectivity index (χ4v) is 2.60. The lowest BCUT2D eigenvalue weighted by molar-refractivity contribution is 0.0911. The molecule has 0 radical (unpaired) electrons. The van der Waals surface area contributed by atoms with Crippen LogP contribution in [0, 0.1) is 5.41 Å². The van der Waals surface area contributed by atoms with Crippen LogP contribution in [0.4, 0.5) is 0 Å². The van der Waals surface area contributed by atoms with Crippen molar-refractivity contribution in [1.29, 1.82) is 0 Å². The zero-order valence-corrected chi connectivity index (χ0v) is 14.0. The van der Waals surface area contributed by atoms with Gasteiger partial charge < -0.3 is 14.6 Å². The van der Waals surface area contributed by atoms with Crippen molar-refractivity contribution in [2.75, 3.05) is 20.3 Å². The number of hydrogen-bond acceptors (Lipinski definition) is 2. The van der Waals surface area contributed by atoms with Crippen LogP contribution in [0.3, 0.4) is 0 Å². The van der Waals surface area contributed by atoms with Crippen LogP contribution in [0.25, 0.3) is 0 Å². The van der Waals surface area contributed by atoms with Gasteiger partial charge in [0.1, 0.15) is 5.69 Å². The van der Waals surface area contributed by atoms with Crippen molar-refractivity contribution >= 4 is 21.8 Å². The first-order chi connectivity index (χ1) is 9.43. The van der Waals surface area contributed by atoms with Gasteiger partial charge in [-0.3, -0.25) is 4.79 Å². The number of amides is 1. The van der Waals surface area contributed by atoms with Crippen molar-refractivity contribution in [3.63, 3.8) is 0 Å². The van der Waals surface area contributed by atoms with Crippen LogP contribution >= 0.6 is 15.9 Å². The molecule has 0 spiro atoms. The lowest BCUT2D eigenvalue weighted by atomic mass is 9.89. The van der Waals surface area contributed by atoms with E-state index in [-0.39, 0.29) is 11.3 Å². The van der Waals surface area contributed by atoms with E-state index in [4.69, 9.17) is 4.74 Å². The van der Waals surface area contributed by atoms with E-state index in [1.54, 1.807) is 7.11 Å². The van der Waals surface area contributed by atoms with Crippen molar-refractivity contribution in [2.45, 2.75) is 39.2 Å². The molecular weight excluding hydrogens is 320 g/mol. The molecule has 1 fully saturated rings. The Morgan fingerprint density at radius 3 is 2.85 bits per heavy atom. The van der Waals surface area contributed by atoms with Gasteiger partial charge in [0.2, 0.25) is 0 Å². The Labute approximate surface area is 129 Å². The van der Waals surface area contributed by atoms with Gasteiger partial charge in [-0.1, -0.05) is 13.8 Å². The number of aromatic nitrogens is 1. The van der Waals surface area contributed by atoms with Crippen LogP contribution in [0.5, 0.6) is 0 Å². The minimum absolute atomic E-state index is 0.00749. The maximum Gasteiger partial charge on any atom is 0.267 e. The summed E-state index contributed by atoms with van der Waals surface area (Å²) >= 11 is 3.45. The molecule has 0 aromatic carbocycles. The molecule has 1 N–H and O–H groups in total. The zero-order chi connectivity index (χ0) is 14.8. The predicted octanol–water partition coefficient (Wildman–Crippen LogP) is 3.38. The molecule has 0 saturated heterocycles. The number of nitrogens with zero attached hydrogens (tertiary/aromatic N) is 1. The van der Waals surface area contributed by atoms with E-state index in [2.05, 4.69) is 39.7 Å². The van der Waals surface area contributed by atoms with Gasteiger partial charge in [-0.2, -0.15) is 0 Å². The number of nitrogens with one attached hydrogen (secondary N) is 1. The van der Waals surface area contributed by atoms with Crippen molar-refractivity contribution in [2.24, 2.45) is 5.41 Å². The summed E-state index contributed by atoms with van der Waals surface area (Å²) in [5.41, 5.74) is 0.793. The highest BCUT2D eigenvalue weighted by Gasteiger charge is 2.28. The lowest BCUT2D eigenvalue weighted by Crippen LogP contribution is -2.35. The van der Waals surface area contributed by atoms with E-state index in [9.17, 15) is 4.79 Å². The molecule has 2 rings (SSSR count). The van der Waals surface area contributed by atoms with Crippen LogP contribution in [0.1, 0.15) is 49.6 Å². The van der Waals surface area contributed by atoms with E-state index in [0.717, 1.165) is 16.6 Å². The number of methoxy groups -OCH3 is 1. The Hall–Kier alpha value is -0.810. The van der Waals surface area contributed by atoms with Crippen molar-refractivity contribution in [1.82, 2.24) is 9.88 Å². The van der Waals surface area contributed by atoms with Crippen LogP contribution in [0.2, 0.25) is 0 Å². The minimum atomic E-state index is 0.00749. The first kappa shape index (κ1) is 15.6. The van der Waals surface area contributed by atoms with Gasteiger partial charge in [-0.25, -0.2) is 0 Å². The highest BCUT2D eigenvalue weighted by atomic mass is 79.9. The number of ether oxygens (including phenoxy) is 1. The molecule has 1 aliphatic rings. The van der Waals surface area contributed by atoms with Gasteiger partial charge in [-0.05, 0) is 46.7 Å². The third-order valence-corrected chi connectivity index (χ3v) is 4.13. The van der Waals surface area contributed by atoms with Gasteiger partial charge in [0.15, 0.2) is 0 Å². The molecule has 112 valence electrons. The molecule has 0 unspecified atom stereocenters. The third kappa shape index (κ3) is 4.09. The first-order valence-electron chi connectivity index (χ1n) is 7.07. The summed E-state index contributed by atoms with van der Waals surface area (Å²) < 4.78 is 8.16. The lowest BCUT2D eigenvalue weighted by Gasteiger charge is -2.24. The van der Waals surface area contributed by atoms with Gasteiger partial charge in [0.25, 0.3) is 5.91 Å². The molecule has 1 aromatic rings. The summed E-state index contributed by atoms with van der Waals surface area (Å²) in [6, 6.07) is 2.40. The molecule has 1 heterocycles. The SMILES string of the molecule is COCCC(C)(C)CNC(=O)c1cc(Br)cn1C1CC1. The number of carbonyl (C=O) groups excluding carboxylic acids is 1. The van der Waals surface area contributed by atoms with Gasteiger partial charge in [-0.15, -0.1) is 0 Å². The molecule has 0 bridgehead atoms. The normalized spacial score (nSPS) is 15.4. The average molecular weight is 343 g/mol. The molecular formula is C15H23BrN2O2. The number of halogens is 1. The summed E-state index contributed by atoms with van der Waals surface area (Å²) in [5.74, 6) is 0.00749. The minimum Gasteiger partial charge on any atom is -0.385 e. The molecule has 20 heavy (non-hydrogen) atoms. The van der Waals surface area contributed by atoms with E-state index in [0.29, 0.717) is 19.2 Å². The smallest absolute Gasteiger partial charge is 0.267 e. The maximum absolute atomic E-state index is 12.3. The second-order valence-electron chi connectivity index (χ2n) is 6.27. The summed E-state index contributed by atoms with van der Waals surface area (Å²) in [7, 11) is 1.70. The van der Waals surface area contributed by atoms with Gasteiger partial charge >= 0.3 is 0 Å². The van der Waals surface area contributed by atoms with E-state index in [1.807, 2.05) is 12.3 Å². The Bertz CT molecular complexity index is 478. The molecule has 1 aromatic heterocycles. The first-order valence-corrected chi connectivity index (χ1v) is 7.87. The molecule has 1 saturated carbocycles. The van der Waals surface area contributed by atoms with Crippen LogP contribution in [-0.4, -0.2) is 30.7 Å². The van der Waals surface area contributed by atoms with Crippen molar-refractivity contribution in [3.8, 4) is 0 Å². The van der Waals surface area contributed by atoms with Gasteiger partial charge in [0.05, 0.1) is 0 Å². The molecule has 0 aliphatic heterocycles. The largest absolute Gasteiger partial charge is 0.385 e. The van der Waals surface area contributed by atoms with Crippen LogP contribution in [0.15, 0.2) is 16.7 Å². The van der Waals surface area contributed by atoms with Crippen LogP contribution in [-0.2, 0) is 4.74 Å². The van der Waals surface area contributed by atoms with E-state index < -0.39 is 0 Å². The average Bonchev–Trinajstić information content (AvgIpc) is 3.17. The number of carbonyl (C=O) groups is 1. The molecule has 1 aliphatic carbocycles. The highest BCUT2D eigenvalue weighted by molar-refractivity contribution is 9.10. The van der Waals surface area contributed by atoms with E-state index >= 15 is 0 Å². The fourth-order valence-electron chi connectivity index (χ4n) is 2.16. The predicted molar refractivity (Wildman–Crippen MR) is 83.0 cm³/mol. The molecule has 4 nitrogen and oxygen atoms in total. The summed E-state index contributed by atoms with van der Waals surface area (Å²) in [4.78, 5) is 12.3. The molecule has 5 heteroatoms. The Balaban J connectivity index is 1.95. The second-order valence-corrected chi connectivity index (χ2v) is 7.19. The van der Waals surface area contributed by atoms with Crippen molar-refractivity contribution < 1.29 is 9.53 Å². The number of hydrogen-bond donors (Lipinski definition) is 1. The Morgan fingerprint density at radius 1 is 1.55 bits per heavy atom. The van der Waals surface area contributed by atoms with Crippen molar-refractivity contribution in [3.05, 3.63) is 22.4 Å². The summed E-state index contributed by atoms with van der Waals surface area (Å²) in [6.45, 7) is 5.65. The fraction of sp³-hybridized carbons (Fsp3) is 0.667. The standard InChI is InChI=1S/C15H23BrN2O2/c1-15(2,6-7-20-3)10-17-14(19)13-8-11(16)9-18(13)12-4-5-12/h8-9,12H,4-7,10H2,1-3H3,(H,17,19). The highest BCUT2D eigenvalue weighted by Crippen LogP contribution is 2.37. The summed E-state index contributed by atoms with van der Waals surface area (Å²) in [6.07, 6.45) is 5.27. The van der Waals surface area contributed by atoms with E-state index in [1.165, 1.54) is 12.8 Å². The zero-order valence-electron chi connectivity index (χ0n) is 12.4. The summed E-state index contributed by atoms with van der Waals surface area (Å²) in [5, 5.41) is 3.05.